The van der Waals surface area contributed by atoms with E-state index in [0.717, 1.165) is 28.8 Å². The quantitative estimate of drug-likeness (QED) is 0.875. The molecular formula is C11H14BrNO3S. The Morgan fingerprint density at radius 2 is 2.59 bits per heavy atom. The summed E-state index contributed by atoms with van der Waals surface area (Å²) in [7, 11) is 0. The fourth-order valence-electron chi connectivity index (χ4n) is 1.84. The summed E-state index contributed by atoms with van der Waals surface area (Å²) in [6.07, 6.45) is 2.22. The summed E-state index contributed by atoms with van der Waals surface area (Å²) in [5.41, 5.74) is 0. The van der Waals surface area contributed by atoms with Gasteiger partial charge >= 0.3 is 5.97 Å². The van der Waals surface area contributed by atoms with Crippen molar-refractivity contribution in [3.63, 3.8) is 0 Å². The van der Waals surface area contributed by atoms with E-state index in [1.165, 1.54) is 11.3 Å². The lowest BCUT2D eigenvalue weighted by atomic mass is 10.2. The van der Waals surface area contributed by atoms with E-state index in [1.807, 2.05) is 11.4 Å². The summed E-state index contributed by atoms with van der Waals surface area (Å²) in [6, 6.07) is 1.20. The fraction of sp³-hybridized carbons (Fsp3) is 0.545. The summed E-state index contributed by atoms with van der Waals surface area (Å²) in [5, 5.41) is 14.1. The van der Waals surface area contributed by atoms with Crippen LogP contribution >= 0.6 is 27.3 Å². The standard InChI is InChI=1S/C11H14BrNO3S/c12-7-4-9(17-6-7)10(11(14)15)13-5-8-2-1-3-16-8/h4,6,8,10,13H,1-3,5H2,(H,14,15)/t8-,10+/m0/s1. The van der Waals surface area contributed by atoms with E-state index in [0.29, 0.717) is 6.54 Å². The van der Waals surface area contributed by atoms with Gasteiger partial charge in [0, 0.05) is 27.9 Å². The number of carboxylic acid groups (broad SMARTS) is 1. The first-order valence-corrected chi connectivity index (χ1v) is 7.16. The molecule has 0 unspecified atom stereocenters. The first-order valence-electron chi connectivity index (χ1n) is 5.48. The monoisotopic (exact) mass is 319 g/mol. The molecule has 2 rings (SSSR count). The van der Waals surface area contributed by atoms with E-state index in [4.69, 9.17) is 4.74 Å². The van der Waals surface area contributed by atoms with Gasteiger partial charge in [0.25, 0.3) is 0 Å². The van der Waals surface area contributed by atoms with Gasteiger partial charge in [0.15, 0.2) is 0 Å². The predicted octanol–water partition coefficient (Wildman–Crippen LogP) is 2.40. The van der Waals surface area contributed by atoms with E-state index >= 15 is 0 Å². The van der Waals surface area contributed by atoms with Gasteiger partial charge in [-0.15, -0.1) is 11.3 Å². The molecule has 1 saturated heterocycles. The van der Waals surface area contributed by atoms with Crippen molar-refractivity contribution in [1.29, 1.82) is 0 Å². The molecule has 0 aromatic carbocycles. The molecule has 2 atom stereocenters. The number of aliphatic carboxylic acids is 1. The number of carboxylic acids is 1. The Morgan fingerprint density at radius 3 is 3.12 bits per heavy atom. The van der Waals surface area contributed by atoms with Crippen LogP contribution in [0.2, 0.25) is 0 Å². The number of halogens is 1. The van der Waals surface area contributed by atoms with Crippen molar-refractivity contribution in [2.75, 3.05) is 13.2 Å². The maximum Gasteiger partial charge on any atom is 0.326 e. The molecule has 0 amide bonds. The lowest BCUT2D eigenvalue weighted by Crippen LogP contribution is -2.33. The van der Waals surface area contributed by atoms with Gasteiger partial charge in [-0.2, -0.15) is 0 Å². The highest BCUT2D eigenvalue weighted by Gasteiger charge is 2.23. The average molecular weight is 320 g/mol. The van der Waals surface area contributed by atoms with E-state index in [2.05, 4.69) is 21.2 Å². The van der Waals surface area contributed by atoms with Crippen LogP contribution in [0.15, 0.2) is 15.9 Å². The van der Waals surface area contributed by atoms with Crippen molar-refractivity contribution in [3.05, 3.63) is 20.8 Å². The van der Waals surface area contributed by atoms with Crippen LogP contribution in [0.1, 0.15) is 23.8 Å². The first kappa shape index (κ1) is 13.0. The number of hydrogen-bond acceptors (Lipinski definition) is 4. The van der Waals surface area contributed by atoms with E-state index in [1.54, 1.807) is 0 Å². The Hall–Kier alpha value is -0.430. The Bertz CT molecular complexity index is 390. The molecule has 0 radical (unpaired) electrons. The second kappa shape index (κ2) is 5.95. The second-order valence-electron chi connectivity index (χ2n) is 3.98. The molecule has 1 aliphatic rings. The summed E-state index contributed by atoms with van der Waals surface area (Å²) in [6.45, 7) is 1.38. The van der Waals surface area contributed by atoms with Crippen LogP contribution in [0, 0.1) is 0 Å². The van der Waals surface area contributed by atoms with E-state index in [9.17, 15) is 9.90 Å². The Labute approximate surface area is 112 Å². The van der Waals surface area contributed by atoms with Gasteiger partial charge in [-0.25, -0.2) is 0 Å². The minimum atomic E-state index is -0.850. The van der Waals surface area contributed by atoms with Crippen molar-refractivity contribution >= 4 is 33.2 Å². The zero-order chi connectivity index (χ0) is 12.3. The largest absolute Gasteiger partial charge is 0.480 e. The van der Waals surface area contributed by atoms with Crippen molar-refractivity contribution in [2.24, 2.45) is 0 Å². The lowest BCUT2D eigenvalue weighted by molar-refractivity contribution is -0.139. The summed E-state index contributed by atoms with van der Waals surface area (Å²) in [5.74, 6) is -0.850. The highest BCUT2D eigenvalue weighted by Crippen LogP contribution is 2.26. The van der Waals surface area contributed by atoms with E-state index < -0.39 is 12.0 Å². The number of thiophene rings is 1. The molecule has 1 aliphatic heterocycles. The molecule has 1 fully saturated rings. The van der Waals surface area contributed by atoms with Crippen LogP contribution in [0.4, 0.5) is 0 Å². The smallest absolute Gasteiger partial charge is 0.326 e. The highest BCUT2D eigenvalue weighted by atomic mass is 79.9. The molecule has 0 saturated carbocycles. The second-order valence-corrected chi connectivity index (χ2v) is 5.84. The van der Waals surface area contributed by atoms with E-state index in [-0.39, 0.29) is 6.10 Å². The summed E-state index contributed by atoms with van der Waals surface area (Å²) >= 11 is 4.77. The predicted molar refractivity (Wildman–Crippen MR) is 69.4 cm³/mol. The number of carbonyl (C=O) groups is 1. The third kappa shape index (κ3) is 3.51. The topological polar surface area (TPSA) is 58.6 Å². The molecule has 6 heteroatoms. The normalized spacial score (nSPS) is 21.6. The van der Waals surface area contributed by atoms with Crippen LogP contribution in [-0.4, -0.2) is 30.3 Å². The van der Waals surface area contributed by atoms with Crippen molar-refractivity contribution < 1.29 is 14.6 Å². The number of nitrogens with one attached hydrogen (secondary N) is 1. The zero-order valence-corrected chi connectivity index (χ0v) is 11.6. The molecule has 1 aromatic heterocycles. The van der Waals surface area contributed by atoms with Crippen LogP contribution in [-0.2, 0) is 9.53 Å². The summed E-state index contributed by atoms with van der Waals surface area (Å²) < 4.78 is 6.38. The fourth-order valence-corrected chi connectivity index (χ4v) is 3.35. The minimum absolute atomic E-state index is 0.153. The van der Waals surface area contributed by atoms with Crippen LogP contribution < -0.4 is 5.32 Å². The summed E-state index contributed by atoms with van der Waals surface area (Å²) in [4.78, 5) is 12.0. The zero-order valence-electron chi connectivity index (χ0n) is 9.19. The molecular weight excluding hydrogens is 306 g/mol. The van der Waals surface area contributed by atoms with Gasteiger partial charge in [-0.3, -0.25) is 10.1 Å². The Kier molecular flexibility index (Phi) is 4.55. The van der Waals surface area contributed by atoms with Crippen LogP contribution in [0.25, 0.3) is 0 Å². The maximum absolute atomic E-state index is 11.2. The van der Waals surface area contributed by atoms with Crippen molar-refractivity contribution in [3.8, 4) is 0 Å². The van der Waals surface area contributed by atoms with Gasteiger partial charge in [-0.1, -0.05) is 0 Å². The average Bonchev–Trinajstić information content (AvgIpc) is 2.90. The molecule has 4 nitrogen and oxygen atoms in total. The van der Waals surface area contributed by atoms with Gasteiger partial charge in [0.05, 0.1) is 6.10 Å². The van der Waals surface area contributed by atoms with Gasteiger partial charge in [0.2, 0.25) is 0 Å². The Morgan fingerprint density at radius 1 is 1.76 bits per heavy atom. The van der Waals surface area contributed by atoms with Crippen molar-refractivity contribution in [2.45, 2.75) is 25.0 Å². The lowest BCUT2D eigenvalue weighted by Gasteiger charge is -2.16. The first-order chi connectivity index (χ1) is 8.16. The molecule has 0 aliphatic carbocycles. The number of hydrogen-bond donors (Lipinski definition) is 2. The van der Waals surface area contributed by atoms with Gasteiger partial charge < -0.3 is 9.84 Å². The number of ether oxygens (including phenoxy) is 1. The molecule has 94 valence electrons. The van der Waals surface area contributed by atoms with Crippen LogP contribution in [0.5, 0.6) is 0 Å². The van der Waals surface area contributed by atoms with Crippen molar-refractivity contribution in [1.82, 2.24) is 5.32 Å². The van der Waals surface area contributed by atoms with Crippen LogP contribution in [0.3, 0.4) is 0 Å². The van der Waals surface area contributed by atoms with Gasteiger partial charge in [-0.05, 0) is 34.8 Å². The minimum Gasteiger partial charge on any atom is -0.480 e. The molecule has 0 bridgehead atoms. The third-order valence-corrected chi connectivity index (χ3v) is 4.45. The SMILES string of the molecule is O=C(O)[C@H](NC[C@@H]1CCCO1)c1cc(Br)cs1. The highest BCUT2D eigenvalue weighted by molar-refractivity contribution is 9.10. The molecule has 0 spiro atoms. The molecule has 2 heterocycles. The molecule has 17 heavy (non-hydrogen) atoms. The Balaban J connectivity index is 1.95. The maximum atomic E-state index is 11.2. The van der Waals surface area contributed by atoms with Gasteiger partial charge in [0.1, 0.15) is 6.04 Å². The third-order valence-electron chi connectivity index (χ3n) is 2.69. The number of rotatable bonds is 5. The molecule has 1 aromatic rings. The molecule has 2 N–H and O–H groups in total.